The summed E-state index contributed by atoms with van der Waals surface area (Å²) in [5, 5.41) is 14.0. The number of benzene rings is 1. The molecule has 0 spiro atoms. The van der Waals surface area contributed by atoms with Crippen molar-refractivity contribution in [3.63, 3.8) is 0 Å². The summed E-state index contributed by atoms with van der Waals surface area (Å²) in [4.78, 5) is 14.3. The summed E-state index contributed by atoms with van der Waals surface area (Å²) in [7, 11) is 0. The number of carbonyl (C=O) groups excluding carboxylic acids is 1. The first kappa shape index (κ1) is 14.5. The molecular weight excluding hydrogens is 282 g/mol. The number of likely N-dealkylation sites (tertiary alicyclic amines) is 1. The zero-order valence-electron chi connectivity index (χ0n) is 12.7. The maximum Gasteiger partial charge on any atom is 0.253 e. The van der Waals surface area contributed by atoms with Gasteiger partial charge in [0.25, 0.3) is 5.91 Å². The molecular formula is C15H19N5O2. The van der Waals surface area contributed by atoms with Gasteiger partial charge >= 0.3 is 0 Å². The molecule has 0 aliphatic carbocycles. The van der Waals surface area contributed by atoms with Crippen molar-refractivity contribution < 1.29 is 9.53 Å². The van der Waals surface area contributed by atoms with E-state index in [1.165, 1.54) is 0 Å². The lowest BCUT2D eigenvalue weighted by atomic mass is 10.1. The first-order chi connectivity index (χ1) is 10.6. The van der Waals surface area contributed by atoms with Crippen molar-refractivity contribution in [3.05, 3.63) is 35.7 Å². The van der Waals surface area contributed by atoms with E-state index in [2.05, 4.69) is 20.6 Å². The van der Waals surface area contributed by atoms with Crippen molar-refractivity contribution in [2.45, 2.75) is 32.3 Å². The van der Waals surface area contributed by atoms with E-state index in [1.807, 2.05) is 43.0 Å². The lowest BCUT2D eigenvalue weighted by Crippen LogP contribution is -2.28. The standard InChI is InChI=1S/C15H19N5O2/c1-10(2)22-13-5-3-11(4-6-13)15(21)20-8-7-12(9-20)14-16-18-19-17-14/h3-6,10,12H,7-9H2,1-2H3,(H,16,17,18,19). The molecule has 1 aliphatic rings. The molecule has 0 radical (unpaired) electrons. The Morgan fingerprint density at radius 1 is 1.36 bits per heavy atom. The number of rotatable bonds is 4. The number of hydrogen-bond acceptors (Lipinski definition) is 5. The minimum Gasteiger partial charge on any atom is -0.491 e. The summed E-state index contributed by atoms with van der Waals surface area (Å²) in [6, 6.07) is 7.28. The Kier molecular flexibility index (Phi) is 4.04. The predicted octanol–water partition coefficient (Wildman–Crippen LogP) is 1.62. The van der Waals surface area contributed by atoms with Crippen LogP contribution in [0.25, 0.3) is 0 Å². The molecule has 1 aromatic heterocycles. The van der Waals surface area contributed by atoms with E-state index in [1.54, 1.807) is 0 Å². The van der Waals surface area contributed by atoms with Crippen LogP contribution >= 0.6 is 0 Å². The van der Waals surface area contributed by atoms with E-state index in [9.17, 15) is 4.79 Å². The summed E-state index contributed by atoms with van der Waals surface area (Å²) in [5.74, 6) is 1.64. The summed E-state index contributed by atoms with van der Waals surface area (Å²) in [6.07, 6.45) is 0.982. The normalized spacial score (nSPS) is 18.0. The fraction of sp³-hybridized carbons (Fsp3) is 0.467. The van der Waals surface area contributed by atoms with Gasteiger partial charge in [0.2, 0.25) is 0 Å². The Morgan fingerprint density at radius 3 is 2.77 bits per heavy atom. The smallest absolute Gasteiger partial charge is 0.253 e. The van der Waals surface area contributed by atoms with Gasteiger partial charge in [0.15, 0.2) is 5.82 Å². The number of ether oxygens (including phenoxy) is 1. The van der Waals surface area contributed by atoms with Crippen LogP contribution in [0.3, 0.4) is 0 Å². The number of hydrogen-bond donors (Lipinski definition) is 1. The van der Waals surface area contributed by atoms with E-state index >= 15 is 0 Å². The molecule has 0 bridgehead atoms. The molecule has 1 N–H and O–H groups in total. The van der Waals surface area contributed by atoms with Crippen molar-refractivity contribution in [1.82, 2.24) is 25.5 Å². The van der Waals surface area contributed by atoms with Crippen LogP contribution in [-0.2, 0) is 0 Å². The fourth-order valence-electron chi connectivity index (χ4n) is 2.63. The zero-order chi connectivity index (χ0) is 15.5. The first-order valence-corrected chi connectivity index (χ1v) is 7.43. The van der Waals surface area contributed by atoms with Crippen molar-refractivity contribution in [2.24, 2.45) is 0 Å². The van der Waals surface area contributed by atoms with E-state index in [-0.39, 0.29) is 17.9 Å². The average Bonchev–Trinajstić information content (AvgIpc) is 3.18. The summed E-state index contributed by atoms with van der Waals surface area (Å²) >= 11 is 0. The Morgan fingerprint density at radius 2 is 2.14 bits per heavy atom. The predicted molar refractivity (Wildman–Crippen MR) is 79.6 cm³/mol. The van der Waals surface area contributed by atoms with E-state index in [0.717, 1.165) is 12.2 Å². The van der Waals surface area contributed by atoms with Gasteiger partial charge in [-0.05, 0) is 44.5 Å². The highest BCUT2D eigenvalue weighted by molar-refractivity contribution is 5.94. The topological polar surface area (TPSA) is 84.0 Å². The molecule has 1 aromatic carbocycles. The molecule has 7 heteroatoms. The second-order valence-electron chi connectivity index (χ2n) is 5.70. The van der Waals surface area contributed by atoms with Crippen LogP contribution in [-0.4, -0.2) is 50.6 Å². The summed E-state index contributed by atoms with van der Waals surface area (Å²) in [5.41, 5.74) is 0.671. The highest BCUT2D eigenvalue weighted by atomic mass is 16.5. The monoisotopic (exact) mass is 301 g/mol. The number of aromatic nitrogens is 4. The minimum atomic E-state index is 0.0297. The molecule has 1 fully saturated rings. The lowest BCUT2D eigenvalue weighted by Gasteiger charge is -2.16. The van der Waals surface area contributed by atoms with Gasteiger partial charge < -0.3 is 9.64 Å². The third-order valence-electron chi connectivity index (χ3n) is 3.68. The van der Waals surface area contributed by atoms with Crippen LogP contribution in [0.15, 0.2) is 24.3 Å². The number of aromatic amines is 1. The Bertz CT molecular complexity index is 624. The van der Waals surface area contributed by atoms with Crippen LogP contribution in [0.1, 0.15) is 42.4 Å². The zero-order valence-corrected chi connectivity index (χ0v) is 12.7. The fourth-order valence-corrected chi connectivity index (χ4v) is 2.63. The van der Waals surface area contributed by atoms with Crippen LogP contribution < -0.4 is 4.74 Å². The van der Waals surface area contributed by atoms with Crippen molar-refractivity contribution in [1.29, 1.82) is 0 Å². The highest BCUT2D eigenvalue weighted by Gasteiger charge is 2.30. The Hall–Kier alpha value is -2.44. The van der Waals surface area contributed by atoms with Crippen LogP contribution in [0.2, 0.25) is 0 Å². The molecule has 2 heterocycles. The molecule has 1 saturated heterocycles. The number of amides is 1. The molecule has 7 nitrogen and oxygen atoms in total. The maximum atomic E-state index is 12.5. The van der Waals surface area contributed by atoms with Gasteiger partial charge in [-0.25, -0.2) is 0 Å². The van der Waals surface area contributed by atoms with E-state index in [0.29, 0.717) is 24.5 Å². The average molecular weight is 301 g/mol. The Balaban J connectivity index is 1.64. The largest absolute Gasteiger partial charge is 0.491 e. The summed E-state index contributed by atoms with van der Waals surface area (Å²) < 4.78 is 5.59. The van der Waals surface area contributed by atoms with E-state index in [4.69, 9.17) is 4.74 Å². The third-order valence-corrected chi connectivity index (χ3v) is 3.68. The highest BCUT2D eigenvalue weighted by Crippen LogP contribution is 2.25. The minimum absolute atomic E-state index is 0.0297. The molecule has 3 rings (SSSR count). The number of nitrogens with zero attached hydrogens (tertiary/aromatic N) is 4. The quantitative estimate of drug-likeness (QED) is 0.927. The Labute approximate surface area is 128 Å². The van der Waals surface area contributed by atoms with Gasteiger partial charge in [-0.1, -0.05) is 5.21 Å². The van der Waals surface area contributed by atoms with Gasteiger partial charge in [-0.3, -0.25) is 4.79 Å². The molecule has 116 valence electrons. The van der Waals surface area contributed by atoms with Crippen LogP contribution in [0.5, 0.6) is 5.75 Å². The van der Waals surface area contributed by atoms with Crippen molar-refractivity contribution in [3.8, 4) is 5.75 Å². The number of nitrogens with one attached hydrogen (secondary N) is 1. The van der Waals surface area contributed by atoms with Gasteiger partial charge in [0.1, 0.15) is 5.75 Å². The number of H-pyrrole nitrogens is 1. The SMILES string of the molecule is CC(C)Oc1ccc(C(=O)N2CCC(c3nn[nH]n3)C2)cc1. The lowest BCUT2D eigenvalue weighted by molar-refractivity contribution is 0.0790. The van der Waals surface area contributed by atoms with Crippen molar-refractivity contribution in [2.75, 3.05) is 13.1 Å². The first-order valence-electron chi connectivity index (χ1n) is 7.43. The van der Waals surface area contributed by atoms with Gasteiger partial charge in [-0.2, -0.15) is 5.21 Å². The van der Waals surface area contributed by atoms with Crippen LogP contribution in [0.4, 0.5) is 0 Å². The molecule has 0 saturated carbocycles. The van der Waals surface area contributed by atoms with Gasteiger partial charge in [0, 0.05) is 24.6 Å². The second kappa shape index (κ2) is 6.13. The van der Waals surface area contributed by atoms with Crippen molar-refractivity contribution >= 4 is 5.91 Å². The summed E-state index contributed by atoms with van der Waals surface area (Å²) in [6.45, 7) is 5.29. The molecule has 2 aromatic rings. The molecule has 22 heavy (non-hydrogen) atoms. The molecule has 1 unspecified atom stereocenters. The number of tetrazole rings is 1. The van der Waals surface area contributed by atoms with Crippen LogP contribution in [0, 0.1) is 0 Å². The second-order valence-corrected chi connectivity index (χ2v) is 5.70. The third kappa shape index (κ3) is 3.08. The van der Waals surface area contributed by atoms with Gasteiger partial charge in [0.05, 0.1) is 6.10 Å². The maximum absolute atomic E-state index is 12.5. The molecule has 1 amide bonds. The van der Waals surface area contributed by atoms with Gasteiger partial charge in [-0.15, -0.1) is 10.2 Å². The molecule has 1 atom stereocenters. The van der Waals surface area contributed by atoms with E-state index < -0.39 is 0 Å². The molecule has 1 aliphatic heterocycles. The number of carbonyl (C=O) groups is 1.